The number of benzene rings is 2. The summed E-state index contributed by atoms with van der Waals surface area (Å²) in [5.41, 5.74) is 10.1. The maximum Gasteiger partial charge on any atom is 0.337 e. The number of aromatic hydroxyl groups is 1. The summed E-state index contributed by atoms with van der Waals surface area (Å²) in [4.78, 5) is 76.7. The van der Waals surface area contributed by atoms with Gasteiger partial charge in [-0.1, -0.05) is 6.07 Å². The average molecular weight is 520 g/mol. The SMILES string of the molecule is COC(=O)c1cc(N)cc(-c2ccc(O)c3c2C[C@H]2C[C@H]4CC(=O)C(C(N)=O)C(=O)[C@@]4(O)C(=O)C2C3=O)c1. The van der Waals surface area contributed by atoms with Gasteiger partial charge in [0.2, 0.25) is 5.91 Å². The molecular formula is C27H24N2O9. The van der Waals surface area contributed by atoms with E-state index >= 15 is 0 Å². The van der Waals surface area contributed by atoms with Crippen LogP contribution >= 0.6 is 0 Å². The Morgan fingerprint density at radius 1 is 1.05 bits per heavy atom. The molecule has 2 aromatic carbocycles. The molecule has 0 bridgehead atoms. The topological polar surface area (TPSA) is 204 Å². The van der Waals surface area contributed by atoms with Crippen LogP contribution in [0.4, 0.5) is 5.69 Å². The van der Waals surface area contributed by atoms with Gasteiger partial charge >= 0.3 is 5.97 Å². The van der Waals surface area contributed by atoms with Crippen molar-refractivity contribution in [3.05, 3.63) is 47.0 Å². The second-order valence-corrected chi connectivity index (χ2v) is 10.1. The molecule has 0 radical (unpaired) electrons. The number of esters is 1. The Hall–Kier alpha value is -4.38. The van der Waals surface area contributed by atoms with Crippen molar-refractivity contribution in [1.82, 2.24) is 0 Å². The fourth-order valence-electron chi connectivity index (χ4n) is 6.28. The number of anilines is 1. The smallest absolute Gasteiger partial charge is 0.337 e. The Morgan fingerprint density at radius 2 is 1.76 bits per heavy atom. The normalized spacial score (nSPS) is 28.3. The number of phenolic OH excluding ortho intramolecular Hbond substituents is 1. The summed E-state index contributed by atoms with van der Waals surface area (Å²) in [6, 6.07) is 7.37. The number of methoxy groups -OCH3 is 1. The third kappa shape index (κ3) is 3.46. The van der Waals surface area contributed by atoms with Crippen molar-refractivity contribution in [2.24, 2.45) is 29.4 Å². The van der Waals surface area contributed by atoms with E-state index in [0.29, 0.717) is 16.7 Å². The summed E-state index contributed by atoms with van der Waals surface area (Å²) in [5.74, 6) is -11.5. The molecule has 0 aliphatic heterocycles. The number of carbonyl (C=O) groups is 6. The van der Waals surface area contributed by atoms with E-state index in [1.807, 2.05) is 0 Å². The molecule has 2 saturated carbocycles. The zero-order valence-electron chi connectivity index (χ0n) is 20.2. The van der Waals surface area contributed by atoms with Gasteiger partial charge in [0.1, 0.15) is 5.75 Å². The Labute approximate surface area is 215 Å². The van der Waals surface area contributed by atoms with Crippen LogP contribution in [-0.4, -0.2) is 57.9 Å². The van der Waals surface area contributed by atoms with Crippen LogP contribution in [0, 0.1) is 23.7 Å². The van der Waals surface area contributed by atoms with Gasteiger partial charge in [-0.25, -0.2) is 4.79 Å². The lowest BCUT2D eigenvalue weighted by Crippen LogP contribution is -2.68. The number of primary amides is 1. The van der Waals surface area contributed by atoms with Crippen LogP contribution in [0.3, 0.4) is 0 Å². The third-order valence-electron chi connectivity index (χ3n) is 7.97. The van der Waals surface area contributed by atoms with E-state index < -0.39 is 76.5 Å². The zero-order chi connectivity index (χ0) is 27.7. The third-order valence-corrected chi connectivity index (χ3v) is 7.97. The van der Waals surface area contributed by atoms with Crippen LogP contribution in [0.1, 0.15) is 39.1 Å². The minimum absolute atomic E-state index is 0.0273. The molecule has 3 aliphatic rings. The molecule has 2 aromatic rings. The number of ketones is 4. The van der Waals surface area contributed by atoms with Crippen molar-refractivity contribution in [3.8, 4) is 16.9 Å². The molecule has 5 atom stereocenters. The molecule has 0 spiro atoms. The van der Waals surface area contributed by atoms with Crippen molar-refractivity contribution in [1.29, 1.82) is 0 Å². The predicted octanol–water partition coefficient (Wildman–Crippen LogP) is 0.363. The molecule has 1 amide bonds. The molecule has 11 nitrogen and oxygen atoms in total. The molecule has 0 aromatic heterocycles. The summed E-state index contributed by atoms with van der Waals surface area (Å²) >= 11 is 0. The van der Waals surface area contributed by atoms with Crippen molar-refractivity contribution >= 4 is 40.7 Å². The number of ether oxygens (including phenoxy) is 1. The molecule has 38 heavy (non-hydrogen) atoms. The number of Topliss-reactive ketones (excluding diaryl/α,β-unsaturated/α-hetero) is 4. The van der Waals surface area contributed by atoms with Gasteiger partial charge in [0.05, 0.1) is 24.2 Å². The van der Waals surface area contributed by atoms with Crippen LogP contribution in [0.2, 0.25) is 0 Å². The molecule has 5 rings (SSSR count). The van der Waals surface area contributed by atoms with Crippen LogP contribution in [0.25, 0.3) is 11.1 Å². The molecular weight excluding hydrogens is 496 g/mol. The highest BCUT2D eigenvalue weighted by atomic mass is 16.5. The summed E-state index contributed by atoms with van der Waals surface area (Å²) in [7, 11) is 1.22. The van der Waals surface area contributed by atoms with E-state index in [4.69, 9.17) is 16.2 Å². The number of carbonyl (C=O) groups excluding carboxylic acids is 6. The van der Waals surface area contributed by atoms with Gasteiger partial charge in [-0.15, -0.1) is 0 Å². The monoisotopic (exact) mass is 520 g/mol. The number of nitrogen functional groups attached to an aromatic ring is 1. The van der Waals surface area contributed by atoms with E-state index in [1.54, 1.807) is 12.1 Å². The highest BCUT2D eigenvalue weighted by Crippen LogP contribution is 2.51. The summed E-state index contributed by atoms with van der Waals surface area (Å²) in [5, 5.41) is 21.9. The number of aliphatic hydroxyl groups is 1. The van der Waals surface area contributed by atoms with Crippen molar-refractivity contribution in [2.75, 3.05) is 12.8 Å². The van der Waals surface area contributed by atoms with Gasteiger partial charge < -0.3 is 26.4 Å². The van der Waals surface area contributed by atoms with Crippen LogP contribution in [0.15, 0.2) is 30.3 Å². The number of phenols is 1. The maximum atomic E-state index is 13.7. The van der Waals surface area contributed by atoms with E-state index in [0.717, 1.165) is 0 Å². The molecule has 11 heteroatoms. The Bertz CT molecular complexity index is 1480. The molecule has 2 unspecified atom stereocenters. The minimum Gasteiger partial charge on any atom is -0.507 e. The second-order valence-electron chi connectivity index (χ2n) is 10.1. The van der Waals surface area contributed by atoms with Gasteiger partial charge in [0, 0.05) is 18.0 Å². The molecule has 2 fully saturated rings. The van der Waals surface area contributed by atoms with E-state index in [-0.39, 0.29) is 29.7 Å². The van der Waals surface area contributed by atoms with Crippen LogP contribution in [0.5, 0.6) is 5.75 Å². The van der Waals surface area contributed by atoms with Gasteiger partial charge in [-0.3, -0.25) is 24.0 Å². The first kappa shape index (κ1) is 25.3. The van der Waals surface area contributed by atoms with Crippen LogP contribution in [-0.2, 0) is 30.3 Å². The number of hydrogen-bond acceptors (Lipinski definition) is 10. The highest BCUT2D eigenvalue weighted by Gasteiger charge is 2.66. The second kappa shape index (κ2) is 8.59. The lowest BCUT2D eigenvalue weighted by molar-refractivity contribution is -0.175. The molecule has 196 valence electrons. The van der Waals surface area contributed by atoms with Crippen molar-refractivity contribution in [2.45, 2.75) is 24.9 Å². The van der Waals surface area contributed by atoms with E-state index in [1.165, 1.54) is 25.3 Å². The van der Waals surface area contributed by atoms with Crippen molar-refractivity contribution in [3.63, 3.8) is 0 Å². The summed E-state index contributed by atoms with van der Waals surface area (Å²) < 4.78 is 4.78. The number of fused-ring (bicyclic) bond motifs is 3. The fraction of sp³-hybridized carbons (Fsp3) is 0.333. The molecule has 6 N–H and O–H groups in total. The standard InChI is InChI=1S/C27H24N2O9/c1-38-26(36)12-4-10(6-14(28)7-12)15-2-3-17(30)20-16(15)8-11-5-13-9-18(31)21(25(29)35)24(34)27(13,37)23(33)19(11)22(20)32/h2-4,6-7,11,13,19,21,30,37H,5,8-9,28H2,1H3,(H2,29,35)/t11-,13+,19?,21?,27+/m1/s1. The maximum absolute atomic E-state index is 13.7. The summed E-state index contributed by atoms with van der Waals surface area (Å²) in [6.45, 7) is 0. The van der Waals surface area contributed by atoms with Crippen LogP contribution < -0.4 is 11.5 Å². The molecule has 3 aliphatic carbocycles. The fourth-order valence-corrected chi connectivity index (χ4v) is 6.28. The lowest BCUT2D eigenvalue weighted by atomic mass is 9.53. The Balaban J connectivity index is 1.62. The van der Waals surface area contributed by atoms with Gasteiger partial charge in [0.15, 0.2) is 34.7 Å². The predicted molar refractivity (Wildman–Crippen MR) is 130 cm³/mol. The van der Waals surface area contributed by atoms with E-state index in [2.05, 4.69) is 0 Å². The first-order valence-electron chi connectivity index (χ1n) is 11.9. The average Bonchev–Trinajstić information content (AvgIpc) is 2.85. The lowest BCUT2D eigenvalue weighted by Gasteiger charge is -2.48. The van der Waals surface area contributed by atoms with E-state index in [9.17, 15) is 39.0 Å². The number of rotatable bonds is 3. The number of hydrogen-bond donors (Lipinski definition) is 4. The Kier molecular flexibility index (Phi) is 5.71. The van der Waals surface area contributed by atoms with Crippen molar-refractivity contribution < 1.29 is 43.7 Å². The molecule has 0 heterocycles. The first-order valence-corrected chi connectivity index (χ1v) is 11.9. The largest absolute Gasteiger partial charge is 0.507 e. The number of amides is 1. The molecule has 0 saturated heterocycles. The van der Waals surface area contributed by atoms with Gasteiger partial charge in [-0.2, -0.15) is 0 Å². The quantitative estimate of drug-likeness (QED) is 0.248. The van der Waals surface area contributed by atoms with Gasteiger partial charge in [0.25, 0.3) is 0 Å². The van der Waals surface area contributed by atoms with Gasteiger partial charge in [-0.05, 0) is 59.7 Å². The number of nitrogens with two attached hydrogens (primary N) is 2. The summed E-state index contributed by atoms with van der Waals surface area (Å²) in [6.07, 6.45) is -0.352. The highest BCUT2D eigenvalue weighted by molar-refractivity contribution is 6.31. The minimum atomic E-state index is -2.71. The first-order chi connectivity index (χ1) is 17.9. The Morgan fingerprint density at radius 3 is 2.42 bits per heavy atom. The zero-order valence-corrected chi connectivity index (χ0v) is 20.2.